The van der Waals surface area contributed by atoms with E-state index in [2.05, 4.69) is 18.3 Å². The third-order valence-corrected chi connectivity index (χ3v) is 3.44. The van der Waals surface area contributed by atoms with Crippen LogP contribution in [0.1, 0.15) is 38.3 Å². The molecule has 0 amide bonds. The summed E-state index contributed by atoms with van der Waals surface area (Å²) in [5.74, 6) is 0.898. The van der Waals surface area contributed by atoms with Gasteiger partial charge in [-0.05, 0) is 26.5 Å². The molecule has 4 nitrogen and oxygen atoms in total. The molecule has 0 aromatic heterocycles. The summed E-state index contributed by atoms with van der Waals surface area (Å²) in [6, 6.07) is 8.27. The van der Waals surface area contributed by atoms with Crippen LogP contribution in [0.4, 0.5) is 0 Å². The SMILES string of the molecule is CCCC(OCC)C(NC)c1ccccc1OCCOC. The van der Waals surface area contributed by atoms with E-state index in [0.717, 1.165) is 30.8 Å². The zero-order valence-corrected chi connectivity index (χ0v) is 13.7. The van der Waals surface area contributed by atoms with Gasteiger partial charge in [0, 0.05) is 19.3 Å². The molecule has 1 aromatic carbocycles. The Kier molecular flexibility index (Phi) is 9.06. The molecule has 2 atom stereocenters. The van der Waals surface area contributed by atoms with Gasteiger partial charge in [0.2, 0.25) is 0 Å². The van der Waals surface area contributed by atoms with Crippen molar-refractivity contribution in [2.45, 2.75) is 38.8 Å². The van der Waals surface area contributed by atoms with E-state index in [1.54, 1.807) is 7.11 Å². The number of methoxy groups -OCH3 is 1. The summed E-state index contributed by atoms with van der Waals surface area (Å²) < 4.78 is 16.8. The summed E-state index contributed by atoms with van der Waals surface area (Å²) >= 11 is 0. The number of para-hydroxylation sites is 1. The number of ether oxygens (including phenoxy) is 3. The van der Waals surface area contributed by atoms with Crippen LogP contribution in [0.5, 0.6) is 5.75 Å². The van der Waals surface area contributed by atoms with Crippen molar-refractivity contribution >= 4 is 0 Å². The maximum Gasteiger partial charge on any atom is 0.124 e. The van der Waals surface area contributed by atoms with E-state index >= 15 is 0 Å². The predicted molar refractivity (Wildman–Crippen MR) is 85.9 cm³/mol. The second-order valence-corrected chi connectivity index (χ2v) is 4.93. The quantitative estimate of drug-likeness (QED) is 0.637. The van der Waals surface area contributed by atoms with Gasteiger partial charge >= 0.3 is 0 Å². The van der Waals surface area contributed by atoms with Crippen molar-refractivity contribution in [3.8, 4) is 5.75 Å². The Morgan fingerprint density at radius 1 is 1.14 bits per heavy atom. The molecule has 0 aliphatic carbocycles. The second-order valence-electron chi connectivity index (χ2n) is 4.93. The molecule has 0 heterocycles. The number of rotatable bonds is 11. The lowest BCUT2D eigenvalue weighted by atomic mass is 9.97. The fraction of sp³-hybridized carbons (Fsp3) is 0.647. The highest BCUT2D eigenvalue weighted by Gasteiger charge is 2.24. The predicted octanol–water partition coefficient (Wildman–Crippen LogP) is 3.18. The maximum absolute atomic E-state index is 5.93. The second kappa shape index (κ2) is 10.6. The molecule has 0 fully saturated rings. The first-order chi connectivity index (χ1) is 10.3. The number of hydrogen-bond donors (Lipinski definition) is 1. The fourth-order valence-electron chi connectivity index (χ4n) is 2.49. The lowest BCUT2D eigenvalue weighted by Crippen LogP contribution is -2.32. The molecule has 2 unspecified atom stereocenters. The molecule has 0 radical (unpaired) electrons. The van der Waals surface area contributed by atoms with Crippen molar-refractivity contribution in [2.75, 3.05) is 34.0 Å². The fourth-order valence-corrected chi connectivity index (χ4v) is 2.49. The Morgan fingerprint density at radius 3 is 2.52 bits per heavy atom. The Hall–Kier alpha value is -1.10. The summed E-state index contributed by atoms with van der Waals surface area (Å²) in [6.07, 6.45) is 2.26. The summed E-state index contributed by atoms with van der Waals surface area (Å²) in [4.78, 5) is 0. The van der Waals surface area contributed by atoms with Gasteiger partial charge in [0.25, 0.3) is 0 Å². The summed E-state index contributed by atoms with van der Waals surface area (Å²) in [6.45, 7) is 6.07. The molecule has 0 aliphatic heterocycles. The van der Waals surface area contributed by atoms with E-state index in [9.17, 15) is 0 Å². The minimum absolute atomic E-state index is 0.128. The maximum atomic E-state index is 5.93. The highest BCUT2D eigenvalue weighted by molar-refractivity contribution is 5.36. The van der Waals surface area contributed by atoms with Crippen molar-refractivity contribution in [3.63, 3.8) is 0 Å². The first-order valence-electron chi connectivity index (χ1n) is 7.77. The Labute approximate surface area is 128 Å². The zero-order valence-electron chi connectivity index (χ0n) is 13.7. The largest absolute Gasteiger partial charge is 0.491 e. The van der Waals surface area contributed by atoms with Crippen molar-refractivity contribution in [1.29, 1.82) is 0 Å². The first-order valence-corrected chi connectivity index (χ1v) is 7.77. The van der Waals surface area contributed by atoms with E-state index in [-0.39, 0.29) is 12.1 Å². The minimum Gasteiger partial charge on any atom is -0.491 e. The summed E-state index contributed by atoms with van der Waals surface area (Å²) in [5, 5.41) is 3.38. The first kappa shape index (κ1) is 18.0. The highest BCUT2D eigenvalue weighted by Crippen LogP contribution is 2.30. The zero-order chi connectivity index (χ0) is 15.5. The molecule has 120 valence electrons. The van der Waals surface area contributed by atoms with Gasteiger partial charge in [0.05, 0.1) is 18.8 Å². The van der Waals surface area contributed by atoms with Crippen LogP contribution < -0.4 is 10.1 Å². The molecule has 0 aliphatic rings. The van der Waals surface area contributed by atoms with Gasteiger partial charge in [-0.25, -0.2) is 0 Å². The molecule has 0 spiro atoms. The summed E-state index contributed by atoms with van der Waals surface area (Å²) in [7, 11) is 3.65. The van der Waals surface area contributed by atoms with Crippen LogP contribution in [0, 0.1) is 0 Å². The lowest BCUT2D eigenvalue weighted by Gasteiger charge is -2.28. The molecular formula is C17H29NO3. The van der Waals surface area contributed by atoms with Gasteiger partial charge < -0.3 is 19.5 Å². The van der Waals surface area contributed by atoms with Crippen LogP contribution >= 0.6 is 0 Å². The molecular weight excluding hydrogens is 266 g/mol. The molecule has 1 N–H and O–H groups in total. The van der Waals surface area contributed by atoms with Gasteiger partial charge in [-0.1, -0.05) is 31.5 Å². The molecule has 0 saturated carbocycles. The van der Waals surface area contributed by atoms with Crippen molar-refractivity contribution in [2.24, 2.45) is 0 Å². The topological polar surface area (TPSA) is 39.7 Å². The Morgan fingerprint density at radius 2 is 1.90 bits per heavy atom. The van der Waals surface area contributed by atoms with Gasteiger partial charge in [-0.15, -0.1) is 0 Å². The number of benzene rings is 1. The monoisotopic (exact) mass is 295 g/mol. The molecule has 0 bridgehead atoms. The third-order valence-electron chi connectivity index (χ3n) is 3.44. The molecule has 1 rings (SSSR count). The smallest absolute Gasteiger partial charge is 0.124 e. The normalized spacial score (nSPS) is 13.9. The minimum atomic E-state index is 0.128. The highest BCUT2D eigenvalue weighted by atomic mass is 16.5. The molecule has 0 saturated heterocycles. The molecule has 4 heteroatoms. The average molecular weight is 295 g/mol. The number of likely N-dealkylation sites (N-methyl/N-ethyl adjacent to an activating group) is 1. The van der Waals surface area contributed by atoms with Crippen LogP contribution in [0.2, 0.25) is 0 Å². The van der Waals surface area contributed by atoms with E-state index in [4.69, 9.17) is 14.2 Å². The number of nitrogens with one attached hydrogen (secondary N) is 1. The van der Waals surface area contributed by atoms with Crippen LogP contribution in [0.3, 0.4) is 0 Å². The van der Waals surface area contributed by atoms with Gasteiger partial charge in [0.1, 0.15) is 12.4 Å². The average Bonchev–Trinajstić information content (AvgIpc) is 2.50. The van der Waals surface area contributed by atoms with Crippen molar-refractivity contribution in [3.05, 3.63) is 29.8 Å². The van der Waals surface area contributed by atoms with Crippen molar-refractivity contribution < 1.29 is 14.2 Å². The van der Waals surface area contributed by atoms with E-state index in [0.29, 0.717) is 13.2 Å². The van der Waals surface area contributed by atoms with Crippen LogP contribution in [-0.4, -0.2) is 40.1 Å². The van der Waals surface area contributed by atoms with Crippen LogP contribution in [-0.2, 0) is 9.47 Å². The van der Waals surface area contributed by atoms with Crippen LogP contribution in [0.25, 0.3) is 0 Å². The van der Waals surface area contributed by atoms with Crippen molar-refractivity contribution in [1.82, 2.24) is 5.32 Å². The lowest BCUT2D eigenvalue weighted by molar-refractivity contribution is 0.0286. The summed E-state index contributed by atoms with van der Waals surface area (Å²) in [5.41, 5.74) is 1.14. The van der Waals surface area contributed by atoms with E-state index in [1.807, 2.05) is 32.2 Å². The molecule has 21 heavy (non-hydrogen) atoms. The van der Waals surface area contributed by atoms with Gasteiger partial charge in [0.15, 0.2) is 0 Å². The van der Waals surface area contributed by atoms with Crippen LogP contribution in [0.15, 0.2) is 24.3 Å². The third kappa shape index (κ3) is 5.65. The van der Waals surface area contributed by atoms with E-state index in [1.165, 1.54) is 0 Å². The standard InChI is InChI=1S/C17H29NO3/c1-5-9-16(20-6-2)17(18-3)14-10-7-8-11-15(14)21-13-12-19-4/h7-8,10-11,16-18H,5-6,9,12-13H2,1-4H3. The van der Waals surface area contributed by atoms with E-state index < -0.39 is 0 Å². The number of hydrogen-bond acceptors (Lipinski definition) is 4. The van der Waals surface area contributed by atoms with Gasteiger partial charge in [-0.2, -0.15) is 0 Å². The Balaban J connectivity index is 2.91. The van der Waals surface area contributed by atoms with Gasteiger partial charge in [-0.3, -0.25) is 0 Å². The molecule has 1 aromatic rings. The Bertz CT molecular complexity index is 378.